The van der Waals surface area contributed by atoms with Crippen LogP contribution in [-0.2, 0) is 9.47 Å². The van der Waals surface area contributed by atoms with Gasteiger partial charge >= 0.3 is 6.09 Å². The van der Waals surface area contributed by atoms with Crippen molar-refractivity contribution in [3.63, 3.8) is 0 Å². The van der Waals surface area contributed by atoms with Gasteiger partial charge in [0.05, 0.1) is 6.61 Å². The Hall–Kier alpha value is -1.55. The van der Waals surface area contributed by atoms with Crippen molar-refractivity contribution in [2.75, 3.05) is 26.8 Å². The molecule has 0 radical (unpaired) electrons. The van der Waals surface area contributed by atoms with Crippen LogP contribution >= 0.6 is 0 Å². The molecule has 0 aromatic rings. The molecule has 4 nitrogen and oxygen atoms in total. The van der Waals surface area contributed by atoms with Gasteiger partial charge in [0.15, 0.2) is 0 Å². The highest BCUT2D eigenvalue weighted by molar-refractivity contribution is 5.68. The number of ether oxygens (including phenoxy) is 2. The Labute approximate surface area is 167 Å². The summed E-state index contributed by atoms with van der Waals surface area (Å²) >= 11 is 0. The van der Waals surface area contributed by atoms with Crippen LogP contribution in [0.3, 0.4) is 0 Å². The lowest BCUT2D eigenvalue weighted by molar-refractivity contribution is 0.0179. The van der Waals surface area contributed by atoms with E-state index in [1.807, 2.05) is 46.8 Å². The van der Waals surface area contributed by atoms with Gasteiger partial charge in [0.25, 0.3) is 0 Å². The highest BCUT2D eigenvalue weighted by Crippen LogP contribution is 2.35. The van der Waals surface area contributed by atoms with Crippen LogP contribution in [0.4, 0.5) is 4.79 Å². The molecule has 0 aliphatic heterocycles. The third-order valence-electron chi connectivity index (χ3n) is 4.71. The van der Waals surface area contributed by atoms with E-state index in [0.717, 1.165) is 19.3 Å². The van der Waals surface area contributed by atoms with E-state index in [9.17, 15) is 4.79 Å². The number of carbonyl (C=O) groups is 1. The Morgan fingerprint density at radius 1 is 1.11 bits per heavy atom. The van der Waals surface area contributed by atoms with E-state index < -0.39 is 5.60 Å². The third-order valence-corrected chi connectivity index (χ3v) is 4.71. The van der Waals surface area contributed by atoms with Gasteiger partial charge in [-0.25, -0.2) is 4.79 Å². The van der Waals surface area contributed by atoms with Crippen molar-refractivity contribution >= 4 is 6.09 Å². The average molecular weight is 380 g/mol. The van der Waals surface area contributed by atoms with E-state index in [-0.39, 0.29) is 11.5 Å². The van der Waals surface area contributed by atoms with E-state index >= 15 is 0 Å². The number of hydrogen-bond acceptors (Lipinski definition) is 3. The number of amides is 1. The number of hydrogen-bond donors (Lipinski definition) is 0. The minimum atomic E-state index is -0.478. The zero-order valence-corrected chi connectivity index (χ0v) is 18.8. The maximum atomic E-state index is 12.4. The second-order valence-electron chi connectivity index (χ2n) is 8.02. The van der Waals surface area contributed by atoms with Gasteiger partial charge in [-0.1, -0.05) is 42.9 Å². The standard InChI is InChI=1S/C23H41NO3/c1-9-13-14-15-20(10-2)18-23(11-3,19-26-8)16-17-24(12-4)21(25)27-22(5,6)7/h9-10,13-15H,11-12,16-19H2,1-8H3/b13-9-,15-14-,20-10+. The molecule has 1 unspecified atom stereocenters. The number of rotatable bonds is 11. The maximum absolute atomic E-state index is 12.4. The summed E-state index contributed by atoms with van der Waals surface area (Å²) in [5.41, 5.74) is 0.799. The highest BCUT2D eigenvalue weighted by Gasteiger charge is 2.31. The monoisotopic (exact) mass is 379 g/mol. The molecule has 0 aromatic carbocycles. The van der Waals surface area contributed by atoms with Crippen LogP contribution in [0, 0.1) is 5.41 Å². The van der Waals surface area contributed by atoms with Crippen LogP contribution in [-0.4, -0.2) is 43.4 Å². The minimum absolute atomic E-state index is 0.00764. The Bertz CT molecular complexity index is 514. The van der Waals surface area contributed by atoms with E-state index in [1.165, 1.54) is 5.57 Å². The van der Waals surface area contributed by atoms with Crippen molar-refractivity contribution < 1.29 is 14.3 Å². The smallest absolute Gasteiger partial charge is 0.410 e. The van der Waals surface area contributed by atoms with Gasteiger partial charge in [0.2, 0.25) is 0 Å². The molecule has 0 saturated heterocycles. The van der Waals surface area contributed by atoms with Crippen LogP contribution in [0.1, 0.15) is 67.7 Å². The summed E-state index contributed by atoms with van der Waals surface area (Å²) in [6, 6.07) is 0. The summed E-state index contributed by atoms with van der Waals surface area (Å²) in [4.78, 5) is 14.2. The second kappa shape index (κ2) is 12.8. The molecule has 27 heavy (non-hydrogen) atoms. The molecule has 0 heterocycles. The zero-order chi connectivity index (χ0) is 20.9. The molecular weight excluding hydrogens is 338 g/mol. The molecule has 0 aromatic heterocycles. The van der Waals surface area contributed by atoms with Crippen molar-refractivity contribution in [2.45, 2.75) is 73.3 Å². The molecule has 0 fully saturated rings. The van der Waals surface area contributed by atoms with Crippen molar-refractivity contribution in [1.29, 1.82) is 0 Å². The molecule has 0 rings (SSSR count). The summed E-state index contributed by atoms with van der Waals surface area (Å²) in [7, 11) is 1.75. The predicted molar refractivity (Wildman–Crippen MR) is 115 cm³/mol. The first kappa shape index (κ1) is 25.4. The number of carbonyl (C=O) groups excluding carboxylic acids is 1. The largest absolute Gasteiger partial charge is 0.444 e. The topological polar surface area (TPSA) is 38.8 Å². The zero-order valence-electron chi connectivity index (χ0n) is 18.8. The predicted octanol–water partition coefficient (Wildman–Crippen LogP) is 6.15. The van der Waals surface area contributed by atoms with E-state index in [2.05, 4.69) is 32.1 Å². The SMILES string of the molecule is C\C=C/C=C\C(=C/C)CC(CC)(CCN(CC)C(=O)OC(C)(C)C)COC. The fraction of sp³-hybridized carbons (Fsp3) is 0.696. The van der Waals surface area contributed by atoms with Gasteiger partial charge in [-0.15, -0.1) is 0 Å². The summed E-state index contributed by atoms with van der Waals surface area (Å²) in [5.74, 6) is 0. The molecule has 0 aliphatic rings. The normalized spacial score (nSPS) is 15.3. The van der Waals surface area contributed by atoms with Crippen LogP contribution in [0.15, 0.2) is 36.0 Å². The van der Waals surface area contributed by atoms with Gasteiger partial charge in [0.1, 0.15) is 5.60 Å². The lowest BCUT2D eigenvalue weighted by atomic mass is 9.76. The van der Waals surface area contributed by atoms with Crippen LogP contribution in [0.2, 0.25) is 0 Å². The summed E-state index contributed by atoms with van der Waals surface area (Å²) < 4.78 is 11.1. The third kappa shape index (κ3) is 10.4. The first-order chi connectivity index (χ1) is 12.7. The van der Waals surface area contributed by atoms with Gasteiger partial charge in [0, 0.05) is 20.2 Å². The summed E-state index contributed by atoms with van der Waals surface area (Å²) in [5, 5.41) is 0. The van der Waals surface area contributed by atoms with Crippen molar-refractivity contribution in [1.82, 2.24) is 4.90 Å². The average Bonchev–Trinajstić information content (AvgIpc) is 2.59. The van der Waals surface area contributed by atoms with Gasteiger partial charge < -0.3 is 14.4 Å². The van der Waals surface area contributed by atoms with Crippen molar-refractivity contribution in [3.05, 3.63) is 36.0 Å². The molecule has 4 heteroatoms. The Morgan fingerprint density at radius 3 is 2.22 bits per heavy atom. The van der Waals surface area contributed by atoms with Crippen LogP contribution < -0.4 is 0 Å². The molecule has 1 amide bonds. The van der Waals surface area contributed by atoms with Gasteiger partial charge in [-0.2, -0.15) is 0 Å². The quantitative estimate of drug-likeness (QED) is 0.404. The molecular formula is C23H41NO3. The first-order valence-corrected chi connectivity index (χ1v) is 10.1. The molecule has 0 N–H and O–H groups in total. The molecule has 156 valence electrons. The van der Waals surface area contributed by atoms with Crippen molar-refractivity contribution in [2.24, 2.45) is 5.41 Å². The fourth-order valence-electron chi connectivity index (χ4n) is 2.98. The molecule has 0 bridgehead atoms. The lowest BCUT2D eigenvalue weighted by Crippen LogP contribution is -2.40. The Morgan fingerprint density at radius 2 is 1.78 bits per heavy atom. The maximum Gasteiger partial charge on any atom is 0.410 e. The fourth-order valence-corrected chi connectivity index (χ4v) is 2.98. The van der Waals surface area contributed by atoms with E-state index in [0.29, 0.717) is 19.7 Å². The van der Waals surface area contributed by atoms with Crippen molar-refractivity contribution in [3.8, 4) is 0 Å². The van der Waals surface area contributed by atoms with E-state index in [4.69, 9.17) is 9.47 Å². The summed E-state index contributed by atoms with van der Waals surface area (Å²) in [6.07, 6.45) is 13.0. The number of nitrogens with zero attached hydrogens (tertiary/aromatic N) is 1. The Balaban J connectivity index is 5.24. The first-order valence-electron chi connectivity index (χ1n) is 10.1. The molecule has 0 saturated carbocycles. The lowest BCUT2D eigenvalue weighted by Gasteiger charge is -2.35. The minimum Gasteiger partial charge on any atom is -0.444 e. The Kier molecular flexibility index (Phi) is 12.0. The van der Waals surface area contributed by atoms with Gasteiger partial charge in [-0.3, -0.25) is 0 Å². The number of allylic oxidation sites excluding steroid dienone is 6. The highest BCUT2D eigenvalue weighted by atomic mass is 16.6. The molecule has 0 spiro atoms. The van der Waals surface area contributed by atoms with Gasteiger partial charge in [-0.05, 0) is 66.2 Å². The molecule has 0 aliphatic carbocycles. The molecule has 1 atom stereocenters. The second-order valence-corrected chi connectivity index (χ2v) is 8.02. The van der Waals surface area contributed by atoms with Crippen LogP contribution in [0.5, 0.6) is 0 Å². The summed E-state index contributed by atoms with van der Waals surface area (Å²) in [6.45, 7) is 15.9. The number of methoxy groups -OCH3 is 1. The van der Waals surface area contributed by atoms with E-state index in [1.54, 1.807) is 12.0 Å². The van der Waals surface area contributed by atoms with Crippen LogP contribution in [0.25, 0.3) is 0 Å².